The van der Waals surface area contributed by atoms with E-state index >= 15 is 0 Å². The molecule has 1 unspecified atom stereocenters. The summed E-state index contributed by atoms with van der Waals surface area (Å²) in [7, 11) is -3.02. The van der Waals surface area contributed by atoms with Crippen molar-refractivity contribution in [2.24, 2.45) is 0 Å². The van der Waals surface area contributed by atoms with Crippen molar-refractivity contribution in [3.63, 3.8) is 0 Å². The minimum absolute atomic E-state index is 0.0525. The van der Waals surface area contributed by atoms with Crippen LogP contribution >= 0.6 is 11.8 Å². The monoisotopic (exact) mass is 435 g/mol. The molecule has 1 saturated heterocycles. The van der Waals surface area contributed by atoms with Gasteiger partial charge in [0.25, 0.3) is 0 Å². The fourth-order valence-corrected chi connectivity index (χ4v) is 5.96. The van der Waals surface area contributed by atoms with E-state index in [2.05, 4.69) is 49.4 Å². The van der Waals surface area contributed by atoms with E-state index in [-0.39, 0.29) is 34.6 Å². The first kappa shape index (κ1) is 21.9. The third-order valence-corrected chi connectivity index (χ3v) is 8.00. The molecule has 0 bridgehead atoms. The number of nitrogens with one attached hydrogen (secondary N) is 1. The molecular formula is C21H29N3O3S2. The second-order valence-electron chi connectivity index (χ2n) is 8.74. The topological polar surface area (TPSA) is 81.1 Å². The first-order valence-corrected chi connectivity index (χ1v) is 12.6. The number of aromatic nitrogens is 2. The lowest BCUT2D eigenvalue weighted by Gasteiger charge is -2.20. The predicted molar refractivity (Wildman–Crippen MR) is 119 cm³/mol. The van der Waals surface area contributed by atoms with Gasteiger partial charge in [0.05, 0.1) is 29.0 Å². The Morgan fingerprint density at radius 1 is 1.28 bits per heavy atom. The molecule has 6 nitrogen and oxygen atoms in total. The smallest absolute Gasteiger partial charge is 0.235 e. The van der Waals surface area contributed by atoms with Crippen LogP contribution in [0.1, 0.15) is 50.1 Å². The van der Waals surface area contributed by atoms with Crippen LogP contribution in [0.4, 0.5) is 5.82 Å². The van der Waals surface area contributed by atoms with Gasteiger partial charge in [-0.3, -0.25) is 4.79 Å². The summed E-state index contributed by atoms with van der Waals surface area (Å²) in [6.45, 7) is 10.4. The molecule has 29 heavy (non-hydrogen) atoms. The van der Waals surface area contributed by atoms with Gasteiger partial charge in [0.1, 0.15) is 5.82 Å². The molecule has 1 aromatic carbocycles. The highest BCUT2D eigenvalue weighted by Gasteiger charge is 2.31. The quantitative estimate of drug-likeness (QED) is 0.721. The van der Waals surface area contributed by atoms with Crippen molar-refractivity contribution >= 4 is 33.3 Å². The maximum atomic E-state index is 12.6. The maximum Gasteiger partial charge on any atom is 0.235 e. The van der Waals surface area contributed by atoms with Crippen molar-refractivity contribution in [1.82, 2.24) is 9.78 Å². The molecule has 1 fully saturated rings. The summed E-state index contributed by atoms with van der Waals surface area (Å²) in [6, 6.07) is 7.96. The van der Waals surface area contributed by atoms with Crippen molar-refractivity contribution in [2.75, 3.05) is 22.6 Å². The number of carbonyl (C=O) groups excluding carboxylic acids is 1. The highest BCUT2D eigenvalue weighted by atomic mass is 32.2. The molecular weight excluding hydrogens is 406 g/mol. The van der Waals surface area contributed by atoms with Gasteiger partial charge in [-0.25, -0.2) is 13.1 Å². The van der Waals surface area contributed by atoms with Crippen LogP contribution in [0.15, 0.2) is 29.2 Å². The maximum absolute atomic E-state index is 12.6. The van der Waals surface area contributed by atoms with Gasteiger partial charge in [0.15, 0.2) is 9.84 Å². The molecule has 8 heteroatoms. The fraction of sp³-hybridized carbons (Fsp3) is 0.524. The van der Waals surface area contributed by atoms with Crippen LogP contribution in [0.2, 0.25) is 0 Å². The van der Waals surface area contributed by atoms with E-state index < -0.39 is 9.84 Å². The van der Waals surface area contributed by atoms with Gasteiger partial charge in [-0.15, -0.1) is 11.8 Å². The average molecular weight is 436 g/mol. The van der Waals surface area contributed by atoms with Gasteiger partial charge in [-0.05, 0) is 42.9 Å². The Morgan fingerprint density at radius 3 is 2.62 bits per heavy atom. The highest BCUT2D eigenvalue weighted by Crippen LogP contribution is 2.30. The van der Waals surface area contributed by atoms with Crippen molar-refractivity contribution in [3.05, 3.63) is 41.1 Å². The van der Waals surface area contributed by atoms with Crippen LogP contribution in [0.3, 0.4) is 0 Å². The number of benzene rings is 1. The molecule has 1 aromatic heterocycles. The van der Waals surface area contributed by atoms with Crippen LogP contribution in [-0.2, 0) is 20.0 Å². The van der Waals surface area contributed by atoms with Crippen LogP contribution in [-0.4, -0.2) is 41.4 Å². The summed E-state index contributed by atoms with van der Waals surface area (Å²) < 4.78 is 25.3. The largest absolute Gasteiger partial charge is 0.310 e. The lowest BCUT2D eigenvalue weighted by molar-refractivity contribution is -0.113. The third-order valence-electron chi connectivity index (χ3n) is 5.09. The van der Waals surface area contributed by atoms with Gasteiger partial charge in [-0.1, -0.05) is 32.9 Å². The van der Waals surface area contributed by atoms with Crippen molar-refractivity contribution in [1.29, 1.82) is 0 Å². The molecule has 1 atom stereocenters. The molecule has 1 aliphatic rings. The summed E-state index contributed by atoms with van der Waals surface area (Å²) in [5.41, 5.74) is 3.19. The van der Waals surface area contributed by atoms with Gasteiger partial charge in [-0.2, -0.15) is 5.10 Å². The van der Waals surface area contributed by atoms with E-state index in [0.29, 0.717) is 12.2 Å². The Hall–Kier alpha value is -1.80. The Bertz CT molecular complexity index is 1020. The minimum Gasteiger partial charge on any atom is -0.310 e. The number of aryl methyl sites for hydroxylation is 2. The Morgan fingerprint density at radius 2 is 2.00 bits per heavy atom. The normalized spacial score (nSPS) is 18.7. The minimum atomic E-state index is -3.02. The van der Waals surface area contributed by atoms with Gasteiger partial charge >= 0.3 is 0 Å². The molecule has 0 spiro atoms. The molecule has 0 aliphatic carbocycles. The summed E-state index contributed by atoms with van der Waals surface area (Å²) in [5, 5.41) is 7.33. The molecule has 0 radical (unpaired) electrons. The van der Waals surface area contributed by atoms with Crippen LogP contribution < -0.4 is 5.32 Å². The zero-order valence-corrected chi connectivity index (χ0v) is 19.3. The summed E-state index contributed by atoms with van der Waals surface area (Å²) in [5.74, 6) is 0.961. The van der Waals surface area contributed by atoms with E-state index in [4.69, 9.17) is 0 Å². The number of hydrogen-bond donors (Lipinski definition) is 1. The molecule has 1 amide bonds. The first-order valence-electron chi connectivity index (χ1n) is 9.75. The Kier molecular flexibility index (Phi) is 6.15. The Balaban J connectivity index is 1.68. The van der Waals surface area contributed by atoms with E-state index in [1.54, 1.807) is 10.7 Å². The number of amides is 1. The van der Waals surface area contributed by atoms with Gasteiger partial charge in [0, 0.05) is 11.0 Å². The number of sulfone groups is 1. The van der Waals surface area contributed by atoms with Crippen molar-refractivity contribution in [2.45, 2.75) is 57.4 Å². The van der Waals surface area contributed by atoms with E-state index in [1.165, 1.54) is 17.3 Å². The lowest BCUT2D eigenvalue weighted by atomic mass is 9.87. The summed E-state index contributed by atoms with van der Waals surface area (Å²) >= 11 is 1.51. The van der Waals surface area contributed by atoms with Crippen LogP contribution in [0.25, 0.3) is 0 Å². The van der Waals surface area contributed by atoms with E-state index in [1.807, 2.05) is 13.8 Å². The Labute approximate surface area is 177 Å². The fourth-order valence-electron chi connectivity index (χ4n) is 3.40. The molecule has 2 aromatic rings. The van der Waals surface area contributed by atoms with Gasteiger partial charge in [0.2, 0.25) is 5.91 Å². The summed E-state index contributed by atoms with van der Waals surface area (Å²) in [4.78, 5) is 13.7. The van der Waals surface area contributed by atoms with Crippen molar-refractivity contribution < 1.29 is 13.2 Å². The predicted octanol–water partition coefficient (Wildman–Crippen LogP) is 3.89. The first-order chi connectivity index (χ1) is 13.4. The standard InChI is InChI=1S/C21H29N3O3S2/c1-14-6-7-16(21(3,4)5)11-18(14)28-12-20(25)22-19-10-15(2)23-24(19)17-8-9-29(26,27)13-17/h6-7,10-11,17H,8-9,12-13H2,1-5H3,(H,22,25). The third kappa shape index (κ3) is 5.42. The number of nitrogens with zero attached hydrogens (tertiary/aromatic N) is 2. The summed E-state index contributed by atoms with van der Waals surface area (Å²) in [6.07, 6.45) is 0.528. The zero-order valence-electron chi connectivity index (χ0n) is 17.7. The van der Waals surface area contributed by atoms with Crippen LogP contribution in [0.5, 0.6) is 0 Å². The number of carbonyl (C=O) groups is 1. The molecule has 2 heterocycles. The molecule has 0 saturated carbocycles. The molecule has 158 valence electrons. The van der Waals surface area contributed by atoms with Gasteiger partial charge < -0.3 is 5.32 Å². The molecule has 1 aliphatic heterocycles. The molecule has 3 rings (SSSR count). The average Bonchev–Trinajstić information content (AvgIpc) is 3.14. The van der Waals surface area contributed by atoms with Crippen LogP contribution in [0, 0.1) is 13.8 Å². The molecule has 1 N–H and O–H groups in total. The second-order valence-corrected chi connectivity index (χ2v) is 12.0. The number of anilines is 1. The SMILES string of the molecule is Cc1cc(NC(=O)CSc2cc(C(C)(C)C)ccc2C)n(C2CCS(=O)(=O)C2)n1. The van der Waals surface area contributed by atoms with Crippen molar-refractivity contribution in [3.8, 4) is 0 Å². The number of thioether (sulfide) groups is 1. The van der Waals surface area contributed by atoms with E-state index in [0.717, 1.165) is 16.2 Å². The number of hydrogen-bond acceptors (Lipinski definition) is 5. The number of rotatable bonds is 5. The second kappa shape index (κ2) is 8.14. The highest BCUT2D eigenvalue weighted by molar-refractivity contribution is 8.00. The lowest BCUT2D eigenvalue weighted by Crippen LogP contribution is -2.20. The van der Waals surface area contributed by atoms with E-state index in [9.17, 15) is 13.2 Å². The zero-order chi connectivity index (χ0) is 21.4.